The van der Waals surface area contributed by atoms with E-state index >= 15 is 0 Å². The minimum absolute atomic E-state index is 0.0937. The van der Waals surface area contributed by atoms with Crippen LogP contribution in [0.5, 0.6) is 0 Å². The van der Waals surface area contributed by atoms with E-state index in [0.717, 1.165) is 36.5 Å². The Labute approximate surface area is 205 Å². The van der Waals surface area contributed by atoms with Gasteiger partial charge in [0.1, 0.15) is 0 Å². The zero-order valence-corrected chi connectivity index (χ0v) is 20.8. The number of fused-ring (bicyclic) bond motifs is 1. The molecule has 1 fully saturated rings. The molecule has 0 spiro atoms. The fourth-order valence-electron chi connectivity index (χ4n) is 4.35. The Balaban J connectivity index is 1.49. The number of imidazole rings is 1. The van der Waals surface area contributed by atoms with E-state index in [1.54, 1.807) is 0 Å². The zero-order chi connectivity index (χ0) is 24.4. The highest BCUT2D eigenvalue weighted by molar-refractivity contribution is 5.86. The van der Waals surface area contributed by atoms with Gasteiger partial charge in [-0.1, -0.05) is 30.3 Å². The molecule has 3 aromatic heterocycles. The smallest absolute Gasteiger partial charge is 0.229 e. The van der Waals surface area contributed by atoms with E-state index in [0.29, 0.717) is 25.0 Å². The first-order valence-corrected chi connectivity index (χ1v) is 12.1. The van der Waals surface area contributed by atoms with Gasteiger partial charge in [0.05, 0.1) is 37.5 Å². The Morgan fingerprint density at radius 2 is 1.86 bits per heavy atom. The van der Waals surface area contributed by atoms with E-state index in [4.69, 9.17) is 19.8 Å². The summed E-state index contributed by atoms with van der Waals surface area (Å²) in [5.41, 5.74) is 3.64. The van der Waals surface area contributed by atoms with E-state index in [2.05, 4.69) is 76.9 Å². The average Bonchev–Trinajstić information content (AvgIpc) is 3.51. The van der Waals surface area contributed by atoms with Crippen LogP contribution in [0.25, 0.3) is 11.2 Å². The molecule has 10 heteroatoms. The maximum atomic E-state index is 5.53. The summed E-state index contributed by atoms with van der Waals surface area (Å²) >= 11 is 0. The summed E-state index contributed by atoms with van der Waals surface area (Å²) < 4.78 is 9.61. The third-order valence-corrected chi connectivity index (χ3v) is 6.17. The van der Waals surface area contributed by atoms with Gasteiger partial charge in [0.15, 0.2) is 17.0 Å². The summed E-state index contributed by atoms with van der Waals surface area (Å²) in [6.45, 7) is 7.97. The SMILES string of the molecule is CC(C)n1cnc2c(Nc3cnn(C(CN(C)C)c4ccccc4)c3)nc(N3CCOCC3)nc21. The highest BCUT2D eigenvalue weighted by atomic mass is 16.5. The molecule has 0 radical (unpaired) electrons. The van der Waals surface area contributed by atoms with Crippen LogP contribution in [0.4, 0.5) is 17.5 Å². The maximum Gasteiger partial charge on any atom is 0.229 e. The van der Waals surface area contributed by atoms with E-state index in [9.17, 15) is 0 Å². The summed E-state index contributed by atoms with van der Waals surface area (Å²) in [7, 11) is 4.16. The minimum Gasteiger partial charge on any atom is -0.378 e. The highest BCUT2D eigenvalue weighted by Crippen LogP contribution is 2.28. The number of morpholine rings is 1. The standard InChI is InChI=1S/C25H33N9O/c1-18(2)33-17-26-22-23(29-25(30-24(22)33)32-10-12-35-13-11-32)28-20-14-27-34(15-20)21(16-31(3)4)19-8-6-5-7-9-19/h5-9,14-15,17-18,21H,10-13,16H2,1-4H3,(H,28,29,30). The molecule has 0 bridgehead atoms. The molecular weight excluding hydrogens is 442 g/mol. The Kier molecular flexibility index (Phi) is 6.65. The summed E-state index contributed by atoms with van der Waals surface area (Å²) in [4.78, 5) is 18.7. The number of hydrogen-bond donors (Lipinski definition) is 1. The van der Waals surface area contributed by atoms with Crippen LogP contribution in [0.2, 0.25) is 0 Å². The molecule has 1 N–H and O–H groups in total. The average molecular weight is 476 g/mol. The fraction of sp³-hybridized carbons (Fsp3) is 0.440. The summed E-state index contributed by atoms with van der Waals surface area (Å²) in [6, 6.07) is 10.8. The maximum absolute atomic E-state index is 5.53. The lowest BCUT2D eigenvalue weighted by molar-refractivity contribution is 0.122. The van der Waals surface area contributed by atoms with Crippen LogP contribution in [0.1, 0.15) is 31.5 Å². The largest absolute Gasteiger partial charge is 0.378 e. The van der Waals surface area contributed by atoms with Crippen LogP contribution in [0.3, 0.4) is 0 Å². The molecule has 1 atom stereocenters. The van der Waals surface area contributed by atoms with Crippen molar-refractivity contribution in [1.82, 2.24) is 34.2 Å². The number of ether oxygens (including phenoxy) is 1. The van der Waals surface area contributed by atoms with Crippen LogP contribution < -0.4 is 10.2 Å². The number of aromatic nitrogens is 6. The number of nitrogens with one attached hydrogen (secondary N) is 1. The number of hydrogen-bond acceptors (Lipinski definition) is 8. The van der Waals surface area contributed by atoms with Crippen molar-refractivity contribution in [2.75, 3.05) is 57.2 Å². The quantitative estimate of drug-likeness (QED) is 0.415. The summed E-state index contributed by atoms with van der Waals surface area (Å²) in [6.07, 6.45) is 5.71. The van der Waals surface area contributed by atoms with Crippen molar-refractivity contribution >= 4 is 28.6 Å². The van der Waals surface area contributed by atoms with E-state index in [1.165, 1.54) is 5.56 Å². The molecule has 0 amide bonds. The molecule has 1 aliphatic rings. The predicted molar refractivity (Wildman–Crippen MR) is 137 cm³/mol. The molecule has 4 heterocycles. The predicted octanol–water partition coefficient (Wildman–Crippen LogP) is 3.33. The van der Waals surface area contributed by atoms with E-state index < -0.39 is 0 Å². The molecule has 4 aromatic rings. The molecule has 1 saturated heterocycles. The Morgan fingerprint density at radius 3 is 2.57 bits per heavy atom. The van der Waals surface area contributed by atoms with Crippen molar-refractivity contribution < 1.29 is 4.74 Å². The van der Waals surface area contributed by atoms with E-state index in [-0.39, 0.29) is 12.1 Å². The van der Waals surface area contributed by atoms with E-state index in [1.807, 2.05) is 29.5 Å². The third kappa shape index (κ3) is 4.98. The van der Waals surface area contributed by atoms with Gasteiger partial charge >= 0.3 is 0 Å². The van der Waals surface area contributed by atoms with Gasteiger partial charge < -0.3 is 24.4 Å². The van der Waals surface area contributed by atoms with Crippen molar-refractivity contribution in [2.45, 2.75) is 25.9 Å². The Morgan fingerprint density at radius 1 is 1.09 bits per heavy atom. The van der Waals surface area contributed by atoms with Gasteiger partial charge in [-0.15, -0.1) is 0 Å². The van der Waals surface area contributed by atoms with Crippen LogP contribution in [-0.4, -0.2) is 81.1 Å². The summed E-state index contributed by atoms with van der Waals surface area (Å²) in [5, 5.41) is 8.18. The second-order valence-electron chi connectivity index (χ2n) is 9.41. The topological polar surface area (TPSA) is 89.2 Å². The van der Waals surface area contributed by atoms with Crippen LogP contribution in [0.15, 0.2) is 49.1 Å². The number of nitrogens with zero attached hydrogens (tertiary/aromatic N) is 8. The van der Waals surface area contributed by atoms with Crippen molar-refractivity contribution in [3.8, 4) is 0 Å². The highest BCUT2D eigenvalue weighted by Gasteiger charge is 2.21. The lowest BCUT2D eigenvalue weighted by atomic mass is 10.1. The summed E-state index contributed by atoms with van der Waals surface area (Å²) in [5.74, 6) is 1.37. The van der Waals surface area contributed by atoms with Crippen molar-refractivity contribution in [3.05, 3.63) is 54.6 Å². The lowest BCUT2D eigenvalue weighted by Gasteiger charge is -2.27. The van der Waals surface area contributed by atoms with Crippen LogP contribution in [-0.2, 0) is 4.74 Å². The normalized spacial score (nSPS) is 15.3. The zero-order valence-electron chi connectivity index (χ0n) is 20.8. The first-order chi connectivity index (χ1) is 17.0. The van der Waals surface area contributed by atoms with Crippen LogP contribution >= 0.6 is 0 Å². The molecule has 1 aromatic carbocycles. The second kappa shape index (κ2) is 10.0. The molecule has 1 unspecified atom stereocenters. The Hall–Kier alpha value is -3.50. The van der Waals surface area contributed by atoms with Gasteiger partial charge in [-0.2, -0.15) is 15.1 Å². The van der Waals surface area contributed by atoms with Crippen LogP contribution in [0, 0.1) is 0 Å². The van der Waals surface area contributed by atoms with Crippen molar-refractivity contribution in [3.63, 3.8) is 0 Å². The van der Waals surface area contributed by atoms with Gasteiger partial charge in [-0.3, -0.25) is 4.68 Å². The van der Waals surface area contributed by atoms with Crippen molar-refractivity contribution in [1.29, 1.82) is 0 Å². The molecular formula is C25H33N9O. The number of likely N-dealkylation sites (N-methyl/N-ethyl adjacent to an activating group) is 1. The minimum atomic E-state index is 0.0937. The molecule has 10 nitrogen and oxygen atoms in total. The number of benzene rings is 1. The van der Waals surface area contributed by atoms with Gasteiger partial charge in [0.2, 0.25) is 5.95 Å². The molecule has 0 saturated carbocycles. The molecule has 35 heavy (non-hydrogen) atoms. The number of rotatable bonds is 8. The molecule has 5 rings (SSSR count). The van der Waals surface area contributed by atoms with Gasteiger partial charge in [-0.05, 0) is 33.5 Å². The molecule has 0 aliphatic carbocycles. The Bertz CT molecular complexity index is 1260. The van der Waals surface area contributed by atoms with Gasteiger partial charge in [0, 0.05) is 31.9 Å². The van der Waals surface area contributed by atoms with Gasteiger partial charge in [-0.25, -0.2) is 4.98 Å². The fourth-order valence-corrected chi connectivity index (χ4v) is 4.35. The lowest BCUT2D eigenvalue weighted by Crippen LogP contribution is -2.37. The molecule has 1 aliphatic heterocycles. The van der Waals surface area contributed by atoms with Gasteiger partial charge in [0.25, 0.3) is 0 Å². The monoisotopic (exact) mass is 475 g/mol. The first kappa shape index (κ1) is 23.3. The molecule has 184 valence electrons. The second-order valence-corrected chi connectivity index (χ2v) is 9.41. The first-order valence-electron chi connectivity index (χ1n) is 12.1. The van der Waals surface area contributed by atoms with Crippen molar-refractivity contribution in [2.24, 2.45) is 0 Å². The number of anilines is 3. The third-order valence-electron chi connectivity index (χ3n) is 6.17.